The number of fused-ring (bicyclic) bond motifs is 1. The Balaban J connectivity index is 1.98. The molecule has 1 aromatic heterocycles. The zero-order valence-corrected chi connectivity index (χ0v) is 10.9. The fraction of sp³-hybridized carbons (Fsp3) is 0.133. The average Bonchev–Trinajstić information content (AvgIpc) is 2.89. The Kier molecular flexibility index (Phi) is 3.13. The predicted molar refractivity (Wildman–Crippen MR) is 73.0 cm³/mol. The summed E-state index contributed by atoms with van der Waals surface area (Å²) in [6, 6.07) is 8.68. The van der Waals surface area contributed by atoms with Crippen molar-refractivity contribution in [3.05, 3.63) is 59.2 Å². The van der Waals surface area contributed by atoms with Gasteiger partial charge in [0.2, 0.25) is 5.95 Å². The van der Waals surface area contributed by atoms with E-state index in [4.69, 9.17) is 5.11 Å². The van der Waals surface area contributed by atoms with E-state index in [0.717, 1.165) is 11.6 Å². The standard InChI is InChI=1S/C15H11FN2O3/c16-13-3-1-2-11(17-13)14(19)18-7-6-9-4-5-10(15(20)21)8-12(9)18/h1-5,8H,6-7H2,(H,20,21). The Labute approximate surface area is 119 Å². The molecular weight excluding hydrogens is 275 g/mol. The number of carboxylic acids is 1. The van der Waals surface area contributed by atoms with E-state index in [1.54, 1.807) is 6.07 Å². The second-order valence-corrected chi connectivity index (χ2v) is 4.70. The predicted octanol–water partition coefficient (Wildman–Crippen LogP) is 2.12. The van der Waals surface area contributed by atoms with Crippen molar-refractivity contribution in [2.75, 3.05) is 11.4 Å². The number of benzene rings is 1. The molecule has 21 heavy (non-hydrogen) atoms. The molecule has 1 N–H and O–H groups in total. The third-order valence-corrected chi connectivity index (χ3v) is 3.41. The van der Waals surface area contributed by atoms with E-state index in [-0.39, 0.29) is 11.3 Å². The van der Waals surface area contributed by atoms with E-state index in [9.17, 15) is 14.0 Å². The number of hydrogen-bond donors (Lipinski definition) is 1. The molecule has 0 saturated carbocycles. The van der Waals surface area contributed by atoms with Crippen molar-refractivity contribution in [1.29, 1.82) is 0 Å². The maximum Gasteiger partial charge on any atom is 0.335 e. The summed E-state index contributed by atoms with van der Waals surface area (Å²) in [5, 5.41) is 9.03. The number of carbonyl (C=O) groups excluding carboxylic acids is 1. The minimum absolute atomic E-state index is 0.00331. The lowest BCUT2D eigenvalue weighted by molar-refractivity contribution is 0.0696. The highest BCUT2D eigenvalue weighted by Gasteiger charge is 2.27. The van der Waals surface area contributed by atoms with Gasteiger partial charge in [0.05, 0.1) is 5.56 Å². The van der Waals surface area contributed by atoms with Gasteiger partial charge in [-0.1, -0.05) is 12.1 Å². The van der Waals surface area contributed by atoms with E-state index >= 15 is 0 Å². The summed E-state index contributed by atoms with van der Waals surface area (Å²) in [5.41, 5.74) is 1.56. The van der Waals surface area contributed by atoms with E-state index in [1.807, 2.05) is 0 Å². The lowest BCUT2D eigenvalue weighted by Crippen LogP contribution is -2.29. The van der Waals surface area contributed by atoms with Crippen molar-refractivity contribution in [3.8, 4) is 0 Å². The molecule has 1 aliphatic rings. The van der Waals surface area contributed by atoms with Crippen LogP contribution < -0.4 is 4.90 Å². The Morgan fingerprint density at radius 1 is 1.24 bits per heavy atom. The van der Waals surface area contributed by atoms with Gasteiger partial charge in [-0.3, -0.25) is 4.79 Å². The molecule has 1 aromatic carbocycles. The number of carbonyl (C=O) groups is 2. The minimum Gasteiger partial charge on any atom is -0.478 e. The van der Waals surface area contributed by atoms with Crippen LogP contribution in [0.4, 0.5) is 10.1 Å². The minimum atomic E-state index is -1.05. The summed E-state index contributed by atoms with van der Waals surface area (Å²) in [7, 11) is 0. The molecule has 1 amide bonds. The number of halogens is 1. The molecule has 5 nitrogen and oxygen atoms in total. The number of pyridine rings is 1. The van der Waals surface area contributed by atoms with Gasteiger partial charge in [-0.2, -0.15) is 4.39 Å². The molecule has 1 aliphatic heterocycles. The number of aromatic nitrogens is 1. The summed E-state index contributed by atoms with van der Waals surface area (Å²) in [6.45, 7) is 0.426. The van der Waals surface area contributed by atoms with Crippen LogP contribution in [0.5, 0.6) is 0 Å². The first-order chi connectivity index (χ1) is 10.1. The van der Waals surface area contributed by atoms with Crippen molar-refractivity contribution >= 4 is 17.6 Å². The number of aromatic carboxylic acids is 1. The summed E-state index contributed by atoms with van der Waals surface area (Å²) in [5.74, 6) is -2.21. The van der Waals surface area contributed by atoms with E-state index in [0.29, 0.717) is 18.7 Å². The Morgan fingerprint density at radius 3 is 2.76 bits per heavy atom. The normalized spacial score (nSPS) is 13.1. The number of rotatable bonds is 2. The van der Waals surface area contributed by atoms with Crippen LogP contribution in [0.3, 0.4) is 0 Å². The Bertz CT molecular complexity index is 745. The molecule has 0 bridgehead atoms. The largest absolute Gasteiger partial charge is 0.478 e. The third kappa shape index (κ3) is 2.35. The van der Waals surface area contributed by atoms with Crippen LogP contribution in [-0.2, 0) is 6.42 Å². The van der Waals surface area contributed by atoms with Gasteiger partial charge in [-0.05, 0) is 36.2 Å². The molecule has 0 saturated heterocycles. The van der Waals surface area contributed by atoms with Crippen LogP contribution in [0.1, 0.15) is 26.4 Å². The van der Waals surface area contributed by atoms with Gasteiger partial charge in [0.1, 0.15) is 5.69 Å². The molecule has 0 atom stereocenters. The lowest BCUT2D eigenvalue weighted by Gasteiger charge is -2.17. The van der Waals surface area contributed by atoms with E-state index in [1.165, 1.54) is 29.2 Å². The quantitative estimate of drug-likeness (QED) is 0.858. The van der Waals surface area contributed by atoms with Crippen LogP contribution in [0.15, 0.2) is 36.4 Å². The number of carboxylic acid groups (broad SMARTS) is 1. The highest BCUT2D eigenvalue weighted by Crippen LogP contribution is 2.30. The monoisotopic (exact) mass is 286 g/mol. The summed E-state index contributed by atoms with van der Waals surface area (Å²) in [6.07, 6.45) is 0.635. The molecular formula is C15H11FN2O3. The number of anilines is 1. The second-order valence-electron chi connectivity index (χ2n) is 4.70. The van der Waals surface area contributed by atoms with Gasteiger partial charge >= 0.3 is 5.97 Å². The van der Waals surface area contributed by atoms with Gasteiger partial charge in [-0.25, -0.2) is 9.78 Å². The van der Waals surface area contributed by atoms with Crippen LogP contribution in [0.2, 0.25) is 0 Å². The molecule has 2 heterocycles. The molecule has 3 rings (SSSR count). The van der Waals surface area contributed by atoms with Crippen molar-refractivity contribution < 1.29 is 19.1 Å². The highest BCUT2D eigenvalue weighted by molar-refractivity contribution is 6.06. The lowest BCUT2D eigenvalue weighted by atomic mass is 10.1. The molecule has 0 spiro atoms. The van der Waals surface area contributed by atoms with Gasteiger partial charge < -0.3 is 10.0 Å². The van der Waals surface area contributed by atoms with Crippen LogP contribution in [-0.4, -0.2) is 28.5 Å². The number of nitrogens with zero attached hydrogens (tertiary/aromatic N) is 2. The van der Waals surface area contributed by atoms with Crippen molar-refractivity contribution in [1.82, 2.24) is 4.98 Å². The first kappa shape index (κ1) is 13.2. The average molecular weight is 286 g/mol. The zero-order chi connectivity index (χ0) is 15.0. The topological polar surface area (TPSA) is 70.5 Å². The van der Waals surface area contributed by atoms with Crippen LogP contribution in [0, 0.1) is 5.95 Å². The van der Waals surface area contributed by atoms with E-state index < -0.39 is 17.8 Å². The van der Waals surface area contributed by atoms with Gasteiger partial charge in [0, 0.05) is 12.2 Å². The fourth-order valence-electron chi connectivity index (χ4n) is 2.39. The first-order valence-electron chi connectivity index (χ1n) is 6.37. The van der Waals surface area contributed by atoms with Crippen LogP contribution in [0.25, 0.3) is 0 Å². The molecule has 6 heteroatoms. The molecule has 0 radical (unpaired) electrons. The maximum atomic E-state index is 13.1. The molecule has 0 unspecified atom stereocenters. The summed E-state index contributed by atoms with van der Waals surface area (Å²) in [4.78, 5) is 28.4. The maximum absolute atomic E-state index is 13.1. The molecule has 0 aliphatic carbocycles. The highest BCUT2D eigenvalue weighted by atomic mass is 19.1. The number of amides is 1. The van der Waals surface area contributed by atoms with Gasteiger partial charge in [0.25, 0.3) is 5.91 Å². The Morgan fingerprint density at radius 2 is 2.05 bits per heavy atom. The second kappa shape index (κ2) is 4.97. The van der Waals surface area contributed by atoms with Gasteiger partial charge in [0.15, 0.2) is 0 Å². The number of hydrogen-bond acceptors (Lipinski definition) is 3. The SMILES string of the molecule is O=C(O)c1ccc2c(c1)N(C(=O)c1cccc(F)n1)CC2. The Hall–Kier alpha value is -2.76. The van der Waals surface area contributed by atoms with Gasteiger partial charge in [-0.15, -0.1) is 0 Å². The van der Waals surface area contributed by atoms with Crippen LogP contribution >= 0.6 is 0 Å². The van der Waals surface area contributed by atoms with E-state index in [2.05, 4.69) is 4.98 Å². The molecule has 2 aromatic rings. The first-order valence-corrected chi connectivity index (χ1v) is 6.37. The zero-order valence-electron chi connectivity index (χ0n) is 10.9. The summed E-state index contributed by atoms with van der Waals surface area (Å²) >= 11 is 0. The van der Waals surface area contributed by atoms with Crippen molar-refractivity contribution in [2.45, 2.75) is 6.42 Å². The summed E-state index contributed by atoms with van der Waals surface area (Å²) < 4.78 is 13.1. The molecule has 106 valence electrons. The molecule has 0 fully saturated rings. The van der Waals surface area contributed by atoms with Crippen molar-refractivity contribution in [2.24, 2.45) is 0 Å². The fourth-order valence-corrected chi connectivity index (χ4v) is 2.39. The van der Waals surface area contributed by atoms with Crippen molar-refractivity contribution in [3.63, 3.8) is 0 Å². The third-order valence-electron chi connectivity index (χ3n) is 3.41. The smallest absolute Gasteiger partial charge is 0.335 e.